The molecule has 2 rings (SSSR count). The normalized spacial score (nSPS) is 10.2. The number of amides is 1. The van der Waals surface area contributed by atoms with Gasteiger partial charge in [-0.15, -0.1) is 0 Å². The van der Waals surface area contributed by atoms with Crippen LogP contribution in [0.4, 0.5) is 11.4 Å². The van der Waals surface area contributed by atoms with E-state index in [2.05, 4.69) is 21.2 Å². The van der Waals surface area contributed by atoms with Gasteiger partial charge in [-0.2, -0.15) is 0 Å². The highest BCUT2D eigenvalue weighted by atomic mass is 79.9. The maximum absolute atomic E-state index is 12.2. The van der Waals surface area contributed by atoms with E-state index in [9.17, 15) is 4.79 Å². The van der Waals surface area contributed by atoms with E-state index in [0.29, 0.717) is 22.7 Å². The zero-order valence-corrected chi connectivity index (χ0v) is 12.8. The summed E-state index contributed by atoms with van der Waals surface area (Å²) in [6, 6.07) is 10.6. The molecule has 4 nitrogen and oxygen atoms in total. The number of ether oxygens (including phenoxy) is 1. The Hall–Kier alpha value is -2.01. The highest BCUT2D eigenvalue weighted by Gasteiger charge is 2.11. The van der Waals surface area contributed by atoms with Gasteiger partial charge in [0.15, 0.2) is 0 Å². The van der Waals surface area contributed by atoms with Gasteiger partial charge in [-0.3, -0.25) is 4.79 Å². The number of hydrogen-bond donors (Lipinski definition) is 2. The molecular formula is C15H15BrN2O2. The van der Waals surface area contributed by atoms with Crippen LogP contribution < -0.4 is 15.8 Å². The minimum Gasteiger partial charge on any atom is -0.496 e. The van der Waals surface area contributed by atoms with Crippen molar-refractivity contribution in [3.05, 3.63) is 52.0 Å². The molecule has 0 aliphatic rings. The molecule has 0 bridgehead atoms. The van der Waals surface area contributed by atoms with Crippen molar-refractivity contribution in [1.29, 1.82) is 0 Å². The average Bonchev–Trinajstić information content (AvgIpc) is 2.42. The third-order valence-corrected chi connectivity index (χ3v) is 3.65. The Morgan fingerprint density at radius 2 is 2.05 bits per heavy atom. The molecule has 0 spiro atoms. The first-order valence-electron chi connectivity index (χ1n) is 6.03. The minimum atomic E-state index is -0.188. The maximum Gasteiger partial charge on any atom is 0.256 e. The molecule has 5 heteroatoms. The molecule has 0 atom stereocenters. The highest BCUT2D eigenvalue weighted by molar-refractivity contribution is 9.10. The van der Waals surface area contributed by atoms with Gasteiger partial charge < -0.3 is 15.8 Å². The van der Waals surface area contributed by atoms with Crippen molar-refractivity contribution >= 4 is 33.2 Å². The van der Waals surface area contributed by atoms with Gasteiger partial charge in [0, 0.05) is 16.9 Å². The summed E-state index contributed by atoms with van der Waals surface area (Å²) in [7, 11) is 1.59. The van der Waals surface area contributed by atoms with Crippen molar-refractivity contribution in [3.63, 3.8) is 0 Å². The predicted octanol–water partition coefficient (Wildman–Crippen LogP) is 3.60. The van der Waals surface area contributed by atoms with Crippen LogP contribution in [-0.2, 0) is 0 Å². The minimum absolute atomic E-state index is 0.188. The lowest BCUT2D eigenvalue weighted by Crippen LogP contribution is -2.14. The Kier molecular flexibility index (Phi) is 4.29. The number of nitrogen functional groups attached to an aromatic ring is 1. The number of carbonyl (C=O) groups is 1. The topological polar surface area (TPSA) is 64.3 Å². The smallest absolute Gasteiger partial charge is 0.256 e. The monoisotopic (exact) mass is 334 g/mol. The molecule has 3 N–H and O–H groups in total. The molecule has 2 aromatic rings. The Morgan fingerprint density at radius 1 is 1.30 bits per heavy atom. The maximum atomic E-state index is 12.2. The van der Waals surface area contributed by atoms with E-state index < -0.39 is 0 Å². The van der Waals surface area contributed by atoms with Crippen LogP contribution in [0.3, 0.4) is 0 Å². The fourth-order valence-corrected chi connectivity index (χ4v) is 2.38. The summed E-state index contributed by atoms with van der Waals surface area (Å²) < 4.78 is 5.93. The van der Waals surface area contributed by atoms with Crippen LogP contribution in [0, 0.1) is 6.92 Å². The predicted molar refractivity (Wildman–Crippen MR) is 84.2 cm³/mol. The van der Waals surface area contributed by atoms with Crippen molar-refractivity contribution in [2.45, 2.75) is 6.92 Å². The van der Waals surface area contributed by atoms with Gasteiger partial charge in [-0.1, -0.05) is 6.07 Å². The number of carbonyl (C=O) groups excluding carboxylic acids is 1. The van der Waals surface area contributed by atoms with E-state index in [0.717, 1.165) is 10.0 Å². The van der Waals surface area contributed by atoms with Gasteiger partial charge in [-0.25, -0.2) is 0 Å². The average molecular weight is 335 g/mol. The second-order valence-electron chi connectivity index (χ2n) is 4.32. The third-order valence-electron chi connectivity index (χ3n) is 3.03. The second-order valence-corrected chi connectivity index (χ2v) is 5.18. The van der Waals surface area contributed by atoms with Crippen LogP contribution in [0.1, 0.15) is 15.9 Å². The number of nitrogens with two attached hydrogens (primary N) is 1. The first-order valence-corrected chi connectivity index (χ1v) is 6.82. The van der Waals surface area contributed by atoms with Gasteiger partial charge in [0.2, 0.25) is 0 Å². The van der Waals surface area contributed by atoms with Crippen LogP contribution in [-0.4, -0.2) is 13.0 Å². The number of halogens is 1. The lowest BCUT2D eigenvalue weighted by atomic mass is 10.1. The van der Waals surface area contributed by atoms with Gasteiger partial charge in [0.25, 0.3) is 5.91 Å². The molecule has 0 unspecified atom stereocenters. The van der Waals surface area contributed by atoms with E-state index in [1.807, 2.05) is 6.92 Å². The number of methoxy groups -OCH3 is 1. The molecule has 104 valence electrons. The van der Waals surface area contributed by atoms with Gasteiger partial charge in [0.1, 0.15) is 5.75 Å². The fraction of sp³-hybridized carbons (Fsp3) is 0.133. The Morgan fingerprint density at radius 3 is 2.70 bits per heavy atom. The SMILES string of the molecule is COc1ccc(NC(=O)c2cccc(N)c2C)cc1Br. The molecule has 0 aromatic heterocycles. The molecule has 0 saturated heterocycles. The summed E-state index contributed by atoms with van der Waals surface area (Å²) in [5.74, 6) is 0.523. The van der Waals surface area contributed by atoms with E-state index >= 15 is 0 Å². The molecule has 0 aliphatic carbocycles. The number of benzene rings is 2. The number of rotatable bonds is 3. The van der Waals surface area contributed by atoms with Gasteiger partial charge in [-0.05, 0) is 58.7 Å². The number of anilines is 2. The molecule has 2 aromatic carbocycles. The lowest BCUT2D eigenvalue weighted by molar-refractivity contribution is 0.102. The first kappa shape index (κ1) is 14.4. The Labute approximate surface area is 126 Å². The largest absolute Gasteiger partial charge is 0.496 e. The van der Waals surface area contributed by atoms with Crippen molar-refractivity contribution in [2.75, 3.05) is 18.2 Å². The first-order chi connectivity index (χ1) is 9.52. The van der Waals surface area contributed by atoms with Crippen LogP contribution in [0.15, 0.2) is 40.9 Å². The standard InChI is InChI=1S/C15H15BrN2O2/c1-9-11(4-3-5-13(9)17)15(19)18-10-6-7-14(20-2)12(16)8-10/h3-8H,17H2,1-2H3,(H,18,19). The quantitative estimate of drug-likeness (QED) is 0.843. The molecule has 0 radical (unpaired) electrons. The molecular weight excluding hydrogens is 320 g/mol. The van der Waals surface area contributed by atoms with E-state index in [-0.39, 0.29) is 5.91 Å². The summed E-state index contributed by atoms with van der Waals surface area (Å²) in [6.45, 7) is 1.83. The summed E-state index contributed by atoms with van der Waals surface area (Å²) in [5, 5.41) is 2.84. The molecule has 0 fully saturated rings. The van der Waals surface area contributed by atoms with Gasteiger partial charge in [0.05, 0.1) is 11.6 Å². The Balaban J connectivity index is 2.24. The van der Waals surface area contributed by atoms with Crippen LogP contribution in [0.25, 0.3) is 0 Å². The summed E-state index contributed by atoms with van der Waals surface area (Å²) in [5.41, 5.74) is 8.44. The van der Waals surface area contributed by atoms with Crippen molar-refractivity contribution in [3.8, 4) is 5.75 Å². The second kappa shape index (κ2) is 5.96. The molecule has 0 heterocycles. The van der Waals surface area contributed by atoms with Crippen LogP contribution >= 0.6 is 15.9 Å². The van der Waals surface area contributed by atoms with Crippen molar-refractivity contribution in [1.82, 2.24) is 0 Å². The summed E-state index contributed by atoms with van der Waals surface area (Å²) in [6.07, 6.45) is 0. The zero-order valence-electron chi connectivity index (χ0n) is 11.2. The van der Waals surface area contributed by atoms with Gasteiger partial charge >= 0.3 is 0 Å². The molecule has 20 heavy (non-hydrogen) atoms. The molecule has 0 saturated carbocycles. The molecule has 0 aliphatic heterocycles. The fourth-order valence-electron chi connectivity index (χ4n) is 1.84. The summed E-state index contributed by atoms with van der Waals surface area (Å²) >= 11 is 3.38. The number of hydrogen-bond acceptors (Lipinski definition) is 3. The van der Waals surface area contributed by atoms with E-state index in [4.69, 9.17) is 10.5 Å². The van der Waals surface area contributed by atoms with E-state index in [1.54, 1.807) is 43.5 Å². The lowest BCUT2D eigenvalue weighted by Gasteiger charge is -2.10. The number of nitrogens with one attached hydrogen (secondary N) is 1. The van der Waals surface area contributed by atoms with Crippen molar-refractivity contribution in [2.24, 2.45) is 0 Å². The Bertz CT molecular complexity index is 656. The zero-order chi connectivity index (χ0) is 14.7. The van der Waals surface area contributed by atoms with E-state index in [1.165, 1.54) is 0 Å². The molecule has 1 amide bonds. The van der Waals surface area contributed by atoms with Crippen LogP contribution in [0.5, 0.6) is 5.75 Å². The van der Waals surface area contributed by atoms with Crippen LogP contribution in [0.2, 0.25) is 0 Å². The summed E-state index contributed by atoms with van der Waals surface area (Å²) in [4.78, 5) is 12.2. The highest BCUT2D eigenvalue weighted by Crippen LogP contribution is 2.28. The third kappa shape index (κ3) is 2.93. The van der Waals surface area contributed by atoms with Crippen molar-refractivity contribution < 1.29 is 9.53 Å².